The van der Waals surface area contributed by atoms with Crippen molar-refractivity contribution in [2.24, 2.45) is 5.92 Å². The van der Waals surface area contributed by atoms with Gasteiger partial charge < -0.3 is 15.7 Å². The normalized spacial score (nSPS) is 22.5. The number of urea groups is 1. The van der Waals surface area contributed by atoms with Crippen LogP contribution in [0.3, 0.4) is 0 Å². The number of carboxylic acids is 1. The number of carbonyl (C=O) groups excluding carboxylic acids is 1. The molecule has 0 bridgehead atoms. The summed E-state index contributed by atoms with van der Waals surface area (Å²) in [6.45, 7) is 0.654. The Labute approximate surface area is 124 Å². The van der Waals surface area contributed by atoms with Crippen LogP contribution in [-0.2, 0) is 14.8 Å². The summed E-state index contributed by atoms with van der Waals surface area (Å²) in [5, 5.41) is 14.3. The van der Waals surface area contributed by atoms with E-state index in [2.05, 4.69) is 15.4 Å². The SMILES string of the molecule is CS(=O)(=O)NCCCNC(=O)NC1CCC(C(=O)O)CC1. The monoisotopic (exact) mass is 321 g/mol. The second kappa shape index (κ2) is 8.18. The average molecular weight is 321 g/mol. The van der Waals surface area contributed by atoms with Crippen molar-refractivity contribution < 1.29 is 23.1 Å². The molecule has 4 N–H and O–H groups in total. The zero-order chi connectivity index (χ0) is 15.9. The quantitative estimate of drug-likeness (QED) is 0.486. The van der Waals surface area contributed by atoms with Gasteiger partial charge in [-0.1, -0.05) is 0 Å². The molecule has 21 heavy (non-hydrogen) atoms. The molecule has 0 aliphatic heterocycles. The van der Waals surface area contributed by atoms with Crippen LogP contribution in [0.5, 0.6) is 0 Å². The van der Waals surface area contributed by atoms with E-state index in [0.717, 1.165) is 6.26 Å². The minimum absolute atomic E-state index is 0.00902. The van der Waals surface area contributed by atoms with E-state index in [9.17, 15) is 18.0 Å². The maximum absolute atomic E-state index is 11.6. The van der Waals surface area contributed by atoms with Gasteiger partial charge in [0.2, 0.25) is 10.0 Å². The molecule has 0 unspecified atom stereocenters. The minimum Gasteiger partial charge on any atom is -0.481 e. The Bertz CT molecular complexity index is 458. The third-order valence-corrected chi connectivity index (χ3v) is 4.14. The van der Waals surface area contributed by atoms with Crippen molar-refractivity contribution in [3.05, 3.63) is 0 Å². The molecule has 1 rings (SSSR count). The summed E-state index contributed by atoms with van der Waals surface area (Å²) in [6.07, 6.45) is 4.09. The van der Waals surface area contributed by atoms with Gasteiger partial charge in [-0.25, -0.2) is 17.9 Å². The predicted octanol–water partition coefficient (Wildman–Crippen LogP) is -0.132. The van der Waals surface area contributed by atoms with Crippen LogP contribution in [-0.4, -0.2) is 50.9 Å². The lowest BCUT2D eigenvalue weighted by Gasteiger charge is -2.26. The van der Waals surface area contributed by atoms with Crippen LogP contribution < -0.4 is 15.4 Å². The van der Waals surface area contributed by atoms with Gasteiger partial charge in [0.25, 0.3) is 0 Å². The first-order chi connectivity index (χ1) is 9.78. The van der Waals surface area contributed by atoms with E-state index >= 15 is 0 Å². The first-order valence-corrected chi connectivity index (χ1v) is 8.89. The highest BCUT2D eigenvalue weighted by Crippen LogP contribution is 2.24. The average Bonchev–Trinajstić information content (AvgIpc) is 2.37. The topological polar surface area (TPSA) is 125 Å². The standard InChI is InChI=1S/C12H23N3O5S/c1-21(19,20)14-8-2-7-13-12(18)15-10-5-3-9(4-6-10)11(16)17/h9-10,14H,2-8H2,1H3,(H,16,17)(H2,13,15,18). The molecule has 0 atom stereocenters. The first kappa shape index (κ1) is 17.7. The van der Waals surface area contributed by atoms with Gasteiger partial charge in [-0.3, -0.25) is 4.79 Å². The second-order valence-electron chi connectivity index (χ2n) is 5.31. The molecular formula is C12H23N3O5S. The number of nitrogens with one attached hydrogen (secondary N) is 3. The third-order valence-electron chi connectivity index (χ3n) is 3.42. The highest BCUT2D eigenvalue weighted by atomic mass is 32.2. The molecule has 1 fully saturated rings. The lowest BCUT2D eigenvalue weighted by molar-refractivity contribution is -0.142. The van der Waals surface area contributed by atoms with Gasteiger partial charge in [-0.05, 0) is 32.1 Å². The number of carboxylic acid groups (broad SMARTS) is 1. The van der Waals surface area contributed by atoms with Crippen LogP contribution in [0.25, 0.3) is 0 Å². The molecule has 9 heteroatoms. The molecule has 1 aliphatic carbocycles. The third kappa shape index (κ3) is 7.86. The molecule has 0 spiro atoms. The molecule has 122 valence electrons. The van der Waals surface area contributed by atoms with Gasteiger partial charge in [0.1, 0.15) is 0 Å². The van der Waals surface area contributed by atoms with Crippen molar-refractivity contribution >= 4 is 22.0 Å². The largest absolute Gasteiger partial charge is 0.481 e. The Morgan fingerprint density at radius 1 is 1.14 bits per heavy atom. The molecular weight excluding hydrogens is 298 g/mol. The van der Waals surface area contributed by atoms with Crippen LogP contribution in [0.15, 0.2) is 0 Å². The van der Waals surface area contributed by atoms with Crippen LogP contribution in [0, 0.1) is 5.92 Å². The van der Waals surface area contributed by atoms with Gasteiger partial charge in [0, 0.05) is 19.1 Å². The number of rotatable bonds is 7. The number of hydrogen-bond donors (Lipinski definition) is 4. The minimum atomic E-state index is -3.19. The van der Waals surface area contributed by atoms with Crippen molar-refractivity contribution in [1.82, 2.24) is 15.4 Å². The molecule has 0 saturated heterocycles. The second-order valence-corrected chi connectivity index (χ2v) is 7.14. The molecule has 1 saturated carbocycles. The van der Waals surface area contributed by atoms with Crippen molar-refractivity contribution in [3.8, 4) is 0 Å². The van der Waals surface area contributed by atoms with Crippen molar-refractivity contribution in [2.75, 3.05) is 19.3 Å². The van der Waals surface area contributed by atoms with Gasteiger partial charge in [0.15, 0.2) is 0 Å². The highest BCUT2D eigenvalue weighted by Gasteiger charge is 2.26. The van der Waals surface area contributed by atoms with E-state index in [4.69, 9.17) is 5.11 Å². The lowest BCUT2D eigenvalue weighted by atomic mass is 9.86. The molecule has 0 aromatic heterocycles. The van der Waals surface area contributed by atoms with E-state index in [1.165, 1.54) is 0 Å². The Balaban J connectivity index is 2.10. The van der Waals surface area contributed by atoms with Crippen molar-refractivity contribution in [3.63, 3.8) is 0 Å². The van der Waals surface area contributed by atoms with E-state index in [1.807, 2.05) is 0 Å². The van der Waals surface area contributed by atoms with Gasteiger partial charge in [-0.15, -0.1) is 0 Å². The zero-order valence-corrected chi connectivity index (χ0v) is 12.9. The Hall–Kier alpha value is -1.35. The summed E-state index contributed by atoms with van der Waals surface area (Å²) < 4.78 is 24.0. The lowest BCUT2D eigenvalue weighted by Crippen LogP contribution is -2.44. The van der Waals surface area contributed by atoms with Gasteiger partial charge in [0.05, 0.1) is 12.2 Å². The number of carbonyl (C=O) groups is 2. The van der Waals surface area contributed by atoms with E-state index in [-0.39, 0.29) is 24.5 Å². The smallest absolute Gasteiger partial charge is 0.315 e. The number of sulfonamides is 1. The van der Waals surface area contributed by atoms with E-state index < -0.39 is 16.0 Å². The van der Waals surface area contributed by atoms with Gasteiger partial charge in [-0.2, -0.15) is 0 Å². The number of hydrogen-bond acceptors (Lipinski definition) is 4. The molecule has 0 heterocycles. The summed E-state index contributed by atoms with van der Waals surface area (Å²) >= 11 is 0. The summed E-state index contributed by atoms with van der Waals surface area (Å²) in [7, 11) is -3.19. The summed E-state index contributed by atoms with van der Waals surface area (Å²) in [6, 6.07) is -0.289. The summed E-state index contributed by atoms with van der Waals surface area (Å²) in [4.78, 5) is 22.4. The van der Waals surface area contributed by atoms with Crippen LogP contribution >= 0.6 is 0 Å². The van der Waals surface area contributed by atoms with E-state index in [1.54, 1.807) is 0 Å². The fourth-order valence-electron chi connectivity index (χ4n) is 2.27. The van der Waals surface area contributed by atoms with Crippen LogP contribution in [0.1, 0.15) is 32.1 Å². The summed E-state index contributed by atoms with van der Waals surface area (Å²) in [5.74, 6) is -1.07. The molecule has 0 aromatic carbocycles. The summed E-state index contributed by atoms with van der Waals surface area (Å²) in [5.41, 5.74) is 0. The highest BCUT2D eigenvalue weighted by molar-refractivity contribution is 7.88. The van der Waals surface area contributed by atoms with Crippen LogP contribution in [0.2, 0.25) is 0 Å². The number of amides is 2. The zero-order valence-electron chi connectivity index (χ0n) is 12.1. The maximum Gasteiger partial charge on any atom is 0.315 e. The Kier molecular flexibility index (Phi) is 6.90. The number of aliphatic carboxylic acids is 1. The fourth-order valence-corrected chi connectivity index (χ4v) is 2.78. The van der Waals surface area contributed by atoms with Crippen molar-refractivity contribution in [1.29, 1.82) is 0 Å². The molecule has 1 aliphatic rings. The molecule has 8 nitrogen and oxygen atoms in total. The molecule has 0 radical (unpaired) electrons. The van der Waals surface area contributed by atoms with Crippen molar-refractivity contribution in [2.45, 2.75) is 38.1 Å². The Morgan fingerprint density at radius 2 is 1.76 bits per heavy atom. The predicted molar refractivity (Wildman–Crippen MR) is 77.4 cm³/mol. The van der Waals surface area contributed by atoms with Gasteiger partial charge >= 0.3 is 12.0 Å². The molecule has 2 amide bonds. The van der Waals surface area contributed by atoms with E-state index in [0.29, 0.717) is 38.6 Å². The Morgan fingerprint density at radius 3 is 2.29 bits per heavy atom. The fraction of sp³-hybridized carbons (Fsp3) is 0.833. The molecule has 0 aromatic rings. The first-order valence-electron chi connectivity index (χ1n) is 7.00. The van der Waals surface area contributed by atoms with Crippen LogP contribution in [0.4, 0.5) is 4.79 Å². The maximum atomic E-state index is 11.6.